The van der Waals surface area contributed by atoms with Crippen LogP contribution in [0.1, 0.15) is 27.9 Å². The number of carbonyl (C=O) groups excluding carboxylic acids is 1. The van der Waals surface area contributed by atoms with Gasteiger partial charge in [0.15, 0.2) is 9.84 Å². The first-order valence-electron chi connectivity index (χ1n) is 6.63. The fraction of sp³-hybridized carbons (Fsp3) is 0.400. The van der Waals surface area contributed by atoms with E-state index in [2.05, 4.69) is 17.2 Å². The quantitative estimate of drug-likeness (QED) is 0.768. The van der Waals surface area contributed by atoms with E-state index in [-0.39, 0.29) is 30.1 Å². The number of aliphatic hydroxyl groups is 1. The summed E-state index contributed by atoms with van der Waals surface area (Å²) in [6.45, 7) is 1.57. The van der Waals surface area contributed by atoms with Gasteiger partial charge in [0.05, 0.1) is 11.5 Å². The zero-order valence-electron chi connectivity index (χ0n) is 11.7. The van der Waals surface area contributed by atoms with Crippen LogP contribution in [0.15, 0.2) is 18.2 Å². The highest BCUT2D eigenvalue weighted by molar-refractivity contribution is 7.91. The number of hydrogen-bond acceptors (Lipinski definition) is 4. The van der Waals surface area contributed by atoms with Crippen LogP contribution in [0.2, 0.25) is 0 Å². The van der Waals surface area contributed by atoms with E-state index in [0.29, 0.717) is 17.5 Å². The number of aryl methyl sites for hydroxylation is 1. The molecule has 112 valence electrons. The first-order valence-corrected chi connectivity index (χ1v) is 8.45. The van der Waals surface area contributed by atoms with Crippen LogP contribution < -0.4 is 5.32 Å². The first kappa shape index (κ1) is 15.5. The lowest BCUT2D eigenvalue weighted by Gasteiger charge is -2.12. The number of sulfone groups is 1. The van der Waals surface area contributed by atoms with Crippen LogP contribution in [-0.4, -0.2) is 43.6 Å². The molecule has 0 spiro atoms. The van der Waals surface area contributed by atoms with E-state index < -0.39 is 9.84 Å². The number of aliphatic hydroxyl groups excluding tert-OH is 1. The summed E-state index contributed by atoms with van der Waals surface area (Å²) in [7, 11) is -3.02. The maximum absolute atomic E-state index is 12.3. The minimum absolute atomic E-state index is 0.00178. The SMILES string of the molecule is Cc1ccc(C#CCO)cc1C(=O)NC1CCS(=O)(=O)C1. The van der Waals surface area contributed by atoms with Crippen LogP contribution in [0.5, 0.6) is 0 Å². The number of benzene rings is 1. The van der Waals surface area contributed by atoms with Crippen molar-refractivity contribution in [3.63, 3.8) is 0 Å². The fourth-order valence-corrected chi connectivity index (χ4v) is 3.93. The Hall–Kier alpha value is -1.84. The van der Waals surface area contributed by atoms with E-state index in [1.54, 1.807) is 18.2 Å². The molecule has 1 unspecified atom stereocenters. The zero-order valence-corrected chi connectivity index (χ0v) is 12.5. The van der Waals surface area contributed by atoms with Crippen molar-refractivity contribution in [3.8, 4) is 11.8 Å². The standard InChI is InChI=1S/C15H17NO4S/c1-11-4-5-12(3-2-7-17)9-14(11)15(18)16-13-6-8-21(19,20)10-13/h4-5,9,13,17H,6-8,10H2,1H3,(H,16,18). The van der Waals surface area contributed by atoms with Gasteiger partial charge < -0.3 is 10.4 Å². The van der Waals surface area contributed by atoms with Crippen LogP contribution in [-0.2, 0) is 9.84 Å². The summed E-state index contributed by atoms with van der Waals surface area (Å²) < 4.78 is 22.8. The van der Waals surface area contributed by atoms with E-state index >= 15 is 0 Å². The summed E-state index contributed by atoms with van der Waals surface area (Å²) in [4.78, 5) is 12.3. The molecule has 1 aromatic rings. The molecule has 6 heteroatoms. The lowest BCUT2D eigenvalue weighted by molar-refractivity contribution is 0.0940. The number of nitrogens with one attached hydrogen (secondary N) is 1. The molecule has 5 nitrogen and oxygen atoms in total. The second-order valence-corrected chi connectivity index (χ2v) is 7.29. The highest BCUT2D eigenvalue weighted by atomic mass is 32.2. The number of carbonyl (C=O) groups is 1. The number of amides is 1. The van der Waals surface area contributed by atoms with Crippen molar-refractivity contribution < 1.29 is 18.3 Å². The van der Waals surface area contributed by atoms with E-state index in [0.717, 1.165) is 5.56 Å². The van der Waals surface area contributed by atoms with Crippen LogP contribution in [0.25, 0.3) is 0 Å². The van der Waals surface area contributed by atoms with E-state index in [4.69, 9.17) is 5.11 Å². The van der Waals surface area contributed by atoms with Gasteiger partial charge in [0.1, 0.15) is 6.61 Å². The Labute approximate surface area is 124 Å². The van der Waals surface area contributed by atoms with Crippen molar-refractivity contribution in [2.24, 2.45) is 0 Å². The molecule has 21 heavy (non-hydrogen) atoms. The molecule has 1 amide bonds. The molecule has 1 heterocycles. The molecule has 1 aliphatic heterocycles. The summed E-state index contributed by atoms with van der Waals surface area (Å²) in [5.74, 6) is 5.11. The Balaban J connectivity index is 2.15. The summed E-state index contributed by atoms with van der Waals surface area (Å²) in [5.41, 5.74) is 1.91. The van der Waals surface area contributed by atoms with Gasteiger partial charge in [-0.05, 0) is 31.0 Å². The third-order valence-corrected chi connectivity index (χ3v) is 5.13. The molecule has 1 aliphatic rings. The molecular weight excluding hydrogens is 290 g/mol. The van der Waals surface area contributed by atoms with Gasteiger partial charge in [-0.3, -0.25) is 4.79 Å². The van der Waals surface area contributed by atoms with Crippen LogP contribution >= 0.6 is 0 Å². The van der Waals surface area contributed by atoms with Crippen LogP contribution in [0.3, 0.4) is 0 Å². The van der Waals surface area contributed by atoms with Crippen molar-refractivity contribution >= 4 is 15.7 Å². The van der Waals surface area contributed by atoms with Crippen LogP contribution in [0.4, 0.5) is 0 Å². The average Bonchev–Trinajstić information content (AvgIpc) is 2.76. The minimum atomic E-state index is -3.02. The predicted octanol–water partition coefficient (Wildman–Crippen LogP) is 0.256. The van der Waals surface area contributed by atoms with Crippen molar-refractivity contribution in [2.45, 2.75) is 19.4 Å². The lowest BCUT2D eigenvalue weighted by atomic mass is 10.0. The van der Waals surface area contributed by atoms with Gasteiger partial charge >= 0.3 is 0 Å². The Morgan fingerprint density at radius 2 is 2.24 bits per heavy atom. The summed E-state index contributed by atoms with van der Waals surface area (Å²) in [5, 5.41) is 11.4. The van der Waals surface area contributed by atoms with Gasteiger partial charge in [0.2, 0.25) is 0 Å². The Morgan fingerprint density at radius 1 is 1.48 bits per heavy atom. The second-order valence-electron chi connectivity index (χ2n) is 5.06. The van der Waals surface area contributed by atoms with Crippen molar-refractivity contribution in [1.82, 2.24) is 5.32 Å². The molecular formula is C15H17NO4S. The van der Waals surface area contributed by atoms with E-state index in [1.807, 2.05) is 6.92 Å². The predicted molar refractivity (Wildman–Crippen MR) is 79.7 cm³/mol. The van der Waals surface area contributed by atoms with Gasteiger partial charge in [-0.1, -0.05) is 17.9 Å². The molecule has 1 aromatic carbocycles. The number of hydrogen-bond donors (Lipinski definition) is 2. The number of rotatable bonds is 2. The van der Waals surface area contributed by atoms with E-state index in [9.17, 15) is 13.2 Å². The first-order chi connectivity index (χ1) is 9.91. The molecule has 1 atom stereocenters. The molecule has 0 radical (unpaired) electrons. The van der Waals surface area contributed by atoms with Gasteiger partial charge in [-0.2, -0.15) is 0 Å². The van der Waals surface area contributed by atoms with E-state index in [1.165, 1.54) is 0 Å². The fourth-order valence-electron chi connectivity index (χ4n) is 2.26. The van der Waals surface area contributed by atoms with Gasteiger partial charge in [-0.25, -0.2) is 8.42 Å². The molecule has 2 rings (SSSR count). The smallest absolute Gasteiger partial charge is 0.251 e. The molecule has 0 bridgehead atoms. The lowest BCUT2D eigenvalue weighted by Crippen LogP contribution is -2.35. The topological polar surface area (TPSA) is 83.5 Å². The highest BCUT2D eigenvalue weighted by Gasteiger charge is 2.29. The molecule has 2 N–H and O–H groups in total. The third kappa shape index (κ3) is 4.06. The summed E-state index contributed by atoms with van der Waals surface area (Å²) in [6, 6.07) is 4.88. The second kappa shape index (κ2) is 6.29. The van der Waals surface area contributed by atoms with Crippen molar-refractivity contribution in [3.05, 3.63) is 34.9 Å². The summed E-state index contributed by atoms with van der Waals surface area (Å²) in [6.07, 6.45) is 0.455. The largest absolute Gasteiger partial charge is 0.384 e. The van der Waals surface area contributed by atoms with Gasteiger partial charge in [0, 0.05) is 17.2 Å². The molecule has 0 aliphatic carbocycles. The maximum Gasteiger partial charge on any atom is 0.251 e. The van der Waals surface area contributed by atoms with Crippen molar-refractivity contribution in [2.75, 3.05) is 18.1 Å². The minimum Gasteiger partial charge on any atom is -0.384 e. The monoisotopic (exact) mass is 307 g/mol. The van der Waals surface area contributed by atoms with Gasteiger partial charge in [0.25, 0.3) is 5.91 Å². The molecule has 0 aromatic heterocycles. The molecule has 0 saturated carbocycles. The third-order valence-electron chi connectivity index (χ3n) is 3.36. The van der Waals surface area contributed by atoms with Gasteiger partial charge in [-0.15, -0.1) is 0 Å². The molecule has 1 saturated heterocycles. The summed E-state index contributed by atoms with van der Waals surface area (Å²) >= 11 is 0. The Morgan fingerprint density at radius 3 is 2.86 bits per heavy atom. The average molecular weight is 307 g/mol. The maximum atomic E-state index is 12.3. The Kier molecular flexibility index (Phi) is 4.66. The molecule has 1 fully saturated rings. The van der Waals surface area contributed by atoms with Crippen molar-refractivity contribution in [1.29, 1.82) is 0 Å². The zero-order chi connectivity index (χ0) is 15.5. The van der Waals surface area contributed by atoms with Crippen LogP contribution in [0, 0.1) is 18.8 Å². The normalized spacial score (nSPS) is 19.6. The highest BCUT2D eigenvalue weighted by Crippen LogP contribution is 2.14. The Bertz CT molecular complexity index is 713.